The predicted octanol–water partition coefficient (Wildman–Crippen LogP) is 3.23. The fraction of sp³-hybridized carbons (Fsp3) is 0.222. The highest BCUT2D eigenvalue weighted by Gasteiger charge is 2.13. The first-order chi connectivity index (χ1) is 11.2. The first kappa shape index (κ1) is 13.8. The molecule has 5 nitrogen and oxygen atoms in total. The fourth-order valence-corrected chi connectivity index (χ4v) is 3.22. The molecular formula is C18H18N4O. The second-order valence-electron chi connectivity index (χ2n) is 5.91. The molecule has 0 unspecified atom stereocenters. The Hall–Kier alpha value is -2.82. The van der Waals surface area contributed by atoms with Gasteiger partial charge in [-0.1, -0.05) is 12.1 Å². The van der Waals surface area contributed by atoms with E-state index in [4.69, 9.17) is 5.73 Å². The highest BCUT2D eigenvalue weighted by atomic mass is 16.2. The van der Waals surface area contributed by atoms with E-state index in [1.54, 1.807) is 12.4 Å². The van der Waals surface area contributed by atoms with Gasteiger partial charge < -0.3 is 10.6 Å². The molecule has 3 aromatic rings. The fourth-order valence-electron chi connectivity index (χ4n) is 3.22. The summed E-state index contributed by atoms with van der Waals surface area (Å²) in [5.74, 6) is 0. The molecule has 1 aliphatic rings. The van der Waals surface area contributed by atoms with Gasteiger partial charge in [-0.3, -0.25) is 4.57 Å². The molecule has 3 heterocycles. The lowest BCUT2D eigenvalue weighted by Gasteiger charge is -2.18. The molecule has 1 fully saturated rings. The summed E-state index contributed by atoms with van der Waals surface area (Å²) < 4.78 is 1.36. The molecule has 1 saturated heterocycles. The van der Waals surface area contributed by atoms with Crippen molar-refractivity contribution < 1.29 is 4.79 Å². The van der Waals surface area contributed by atoms with Gasteiger partial charge in [0.25, 0.3) is 0 Å². The maximum atomic E-state index is 11.4. The number of pyridine rings is 1. The van der Waals surface area contributed by atoms with Gasteiger partial charge in [-0.15, -0.1) is 0 Å². The maximum Gasteiger partial charge on any atom is 0.324 e. The molecule has 1 aromatic carbocycles. The zero-order valence-electron chi connectivity index (χ0n) is 12.8. The SMILES string of the molecule is NC(=O)n1ccc2cc(-c3cccc(N4CCCC4)c3)cnc21. The van der Waals surface area contributed by atoms with Crippen LogP contribution in [0.3, 0.4) is 0 Å². The molecule has 23 heavy (non-hydrogen) atoms. The third-order valence-electron chi connectivity index (χ3n) is 4.41. The van der Waals surface area contributed by atoms with Gasteiger partial charge in [0, 0.05) is 42.1 Å². The summed E-state index contributed by atoms with van der Waals surface area (Å²) >= 11 is 0. The number of nitrogens with zero attached hydrogens (tertiary/aromatic N) is 3. The summed E-state index contributed by atoms with van der Waals surface area (Å²) in [5, 5.41) is 0.910. The van der Waals surface area contributed by atoms with Crippen molar-refractivity contribution in [2.45, 2.75) is 12.8 Å². The molecule has 5 heteroatoms. The molecule has 2 aromatic heterocycles. The summed E-state index contributed by atoms with van der Waals surface area (Å²) in [6.45, 7) is 2.25. The van der Waals surface area contributed by atoms with Crippen molar-refractivity contribution in [3.63, 3.8) is 0 Å². The van der Waals surface area contributed by atoms with Crippen molar-refractivity contribution in [1.82, 2.24) is 9.55 Å². The molecule has 1 aliphatic heterocycles. The molecule has 0 radical (unpaired) electrons. The first-order valence-corrected chi connectivity index (χ1v) is 7.85. The lowest BCUT2D eigenvalue weighted by Crippen LogP contribution is -2.18. The number of primary amides is 1. The second kappa shape index (κ2) is 5.43. The number of rotatable bonds is 2. The van der Waals surface area contributed by atoms with Crippen molar-refractivity contribution in [2.24, 2.45) is 5.73 Å². The van der Waals surface area contributed by atoms with E-state index in [2.05, 4.69) is 34.1 Å². The van der Waals surface area contributed by atoms with E-state index in [0.29, 0.717) is 5.65 Å². The first-order valence-electron chi connectivity index (χ1n) is 7.85. The number of aromatic nitrogens is 2. The number of fused-ring (bicyclic) bond motifs is 1. The van der Waals surface area contributed by atoms with Gasteiger partial charge in [0.2, 0.25) is 0 Å². The number of anilines is 1. The van der Waals surface area contributed by atoms with E-state index in [1.807, 2.05) is 12.1 Å². The third kappa shape index (κ3) is 2.44. The molecule has 2 N–H and O–H groups in total. The lowest BCUT2D eigenvalue weighted by atomic mass is 10.1. The smallest absolute Gasteiger partial charge is 0.324 e. The van der Waals surface area contributed by atoms with Gasteiger partial charge in [0.15, 0.2) is 0 Å². The van der Waals surface area contributed by atoms with Gasteiger partial charge >= 0.3 is 6.03 Å². The Labute approximate surface area is 134 Å². The summed E-state index contributed by atoms with van der Waals surface area (Å²) in [4.78, 5) is 18.2. The normalized spacial score (nSPS) is 14.5. The Kier molecular flexibility index (Phi) is 3.26. The summed E-state index contributed by atoms with van der Waals surface area (Å²) in [7, 11) is 0. The van der Waals surface area contributed by atoms with Crippen LogP contribution < -0.4 is 10.6 Å². The number of benzene rings is 1. The largest absolute Gasteiger partial charge is 0.372 e. The maximum absolute atomic E-state index is 11.4. The molecule has 0 bridgehead atoms. The van der Waals surface area contributed by atoms with Crippen molar-refractivity contribution in [3.8, 4) is 11.1 Å². The summed E-state index contributed by atoms with van der Waals surface area (Å²) in [6.07, 6.45) is 5.98. The average Bonchev–Trinajstić information content (AvgIpc) is 3.24. The molecule has 0 saturated carbocycles. The molecular weight excluding hydrogens is 288 g/mol. The van der Waals surface area contributed by atoms with Crippen LogP contribution in [0.5, 0.6) is 0 Å². The zero-order chi connectivity index (χ0) is 15.8. The van der Waals surface area contributed by atoms with Crippen LogP contribution in [0.2, 0.25) is 0 Å². The monoisotopic (exact) mass is 306 g/mol. The van der Waals surface area contributed by atoms with Crippen LogP contribution in [0.15, 0.2) is 48.8 Å². The van der Waals surface area contributed by atoms with Gasteiger partial charge in [0.05, 0.1) is 0 Å². The minimum absolute atomic E-state index is 0.517. The van der Waals surface area contributed by atoms with Crippen LogP contribution in [0.1, 0.15) is 12.8 Å². The number of carbonyl (C=O) groups excluding carboxylic acids is 1. The molecule has 4 rings (SSSR count). The number of hydrogen-bond acceptors (Lipinski definition) is 3. The van der Waals surface area contributed by atoms with Crippen LogP contribution in [0.4, 0.5) is 10.5 Å². The van der Waals surface area contributed by atoms with E-state index in [0.717, 1.165) is 29.6 Å². The van der Waals surface area contributed by atoms with Crippen LogP contribution in [0.25, 0.3) is 22.2 Å². The lowest BCUT2D eigenvalue weighted by molar-refractivity contribution is 0.251. The predicted molar refractivity (Wildman–Crippen MR) is 91.6 cm³/mol. The van der Waals surface area contributed by atoms with Crippen molar-refractivity contribution in [1.29, 1.82) is 0 Å². The van der Waals surface area contributed by atoms with E-state index < -0.39 is 6.03 Å². The van der Waals surface area contributed by atoms with Crippen molar-refractivity contribution in [2.75, 3.05) is 18.0 Å². The van der Waals surface area contributed by atoms with Gasteiger partial charge in [-0.25, -0.2) is 9.78 Å². The second-order valence-corrected chi connectivity index (χ2v) is 5.91. The molecule has 0 aliphatic carbocycles. The topological polar surface area (TPSA) is 64.2 Å². The highest BCUT2D eigenvalue weighted by Crippen LogP contribution is 2.28. The Morgan fingerprint density at radius 3 is 2.70 bits per heavy atom. The summed E-state index contributed by atoms with van der Waals surface area (Å²) in [6, 6.07) is 11.9. The molecule has 0 atom stereocenters. The van der Waals surface area contributed by atoms with Crippen LogP contribution in [-0.4, -0.2) is 28.7 Å². The Balaban J connectivity index is 1.74. The highest BCUT2D eigenvalue weighted by molar-refractivity contribution is 5.90. The Bertz CT molecular complexity index is 878. The standard InChI is InChI=1S/C18H18N4O/c19-18(23)22-9-6-14-10-15(12-20-17(14)22)13-4-3-5-16(11-13)21-7-1-2-8-21/h3-6,9-12H,1-2,7-8H2,(H2,19,23). The molecule has 1 amide bonds. The number of hydrogen-bond donors (Lipinski definition) is 1. The minimum Gasteiger partial charge on any atom is -0.372 e. The van der Waals surface area contributed by atoms with E-state index in [9.17, 15) is 4.79 Å². The summed E-state index contributed by atoms with van der Waals surface area (Å²) in [5.41, 5.74) is 9.37. The van der Waals surface area contributed by atoms with Crippen LogP contribution in [-0.2, 0) is 0 Å². The van der Waals surface area contributed by atoms with Gasteiger partial charge in [-0.2, -0.15) is 0 Å². The van der Waals surface area contributed by atoms with E-state index >= 15 is 0 Å². The third-order valence-corrected chi connectivity index (χ3v) is 4.41. The van der Waals surface area contributed by atoms with Crippen LogP contribution >= 0.6 is 0 Å². The number of nitrogens with two attached hydrogens (primary N) is 1. The van der Waals surface area contributed by atoms with E-state index in [1.165, 1.54) is 23.1 Å². The Morgan fingerprint density at radius 2 is 1.91 bits per heavy atom. The number of amides is 1. The van der Waals surface area contributed by atoms with Gasteiger partial charge in [0.1, 0.15) is 5.65 Å². The van der Waals surface area contributed by atoms with Gasteiger partial charge in [-0.05, 0) is 42.7 Å². The van der Waals surface area contributed by atoms with Crippen LogP contribution in [0, 0.1) is 0 Å². The van der Waals surface area contributed by atoms with Crippen molar-refractivity contribution >= 4 is 22.8 Å². The molecule has 116 valence electrons. The van der Waals surface area contributed by atoms with E-state index in [-0.39, 0.29) is 0 Å². The molecule has 0 spiro atoms. The minimum atomic E-state index is -0.517. The average molecular weight is 306 g/mol. The number of carbonyl (C=O) groups is 1. The zero-order valence-corrected chi connectivity index (χ0v) is 12.8. The van der Waals surface area contributed by atoms with Crippen molar-refractivity contribution in [3.05, 3.63) is 48.8 Å². The quantitative estimate of drug-likeness (QED) is 0.790. The Morgan fingerprint density at radius 1 is 1.09 bits per heavy atom.